The topological polar surface area (TPSA) is 0 Å². The van der Waals surface area contributed by atoms with Crippen LogP contribution in [0.5, 0.6) is 0 Å². The van der Waals surface area contributed by atoms with Crippen LogP contribution >= 0.6 is 0 Å². The molecular formula is C33H58. The average Bonchev–Trinajstić information content (AvgIpc) is 2.83. The van der Waals surface area contributed by atoms with Gasteiger partial charge in [-0.3, -0.25) is 0 Å². The molecule has 0 bridgehead atoms. The maximum Gasteiger partial charge on any atom is -0.0184 e. The minimum atomic E-state index is 0.963. The maximum atomic E-state index is 2.34. The van der Waals surface area contributed by atoms with Crippen molar-refractivity contribution in [3.8, 4) is 11.1 Å². The summed E-state index contributed by atoms with van der Waals surface area (Å²) in [6.45, 7) is 22.0. The van der Waals surface area contributed by atoms with Gasteiger partial charge >= 0.3 is 0 Å². The van der Waals surface area contributed by atoms with Crippen LogP contribution in [0.2, 0.25) is 0 Å². The summed E-state index contributed by atoms with van der Waals surface area (Å²) in [5.41, 5.74) is 5.30. The van der Waals surface area contributed by atoms with Crippen LogP contribution < -0.4 is 0 Å². The van der Waals surface area contributed by atoms with Crippen molar-refractivity contribution in [3.05, 3.63) is 59.7 Å². The third-order valence-electron chi connectivity index (χ3n) is 5.87. The average molecular weight is 455 g/mol. The largest absolute Gasteiger partial charge is 0.0683 e. The molecule has 0 unspecified atom stereocenters. The summed E-state index contributed by atoms with van der Waals surface area (Å²) in [5.74, 6) is 1.93. The lowest BCUT2D eigenvalue weighted by molar-refractivity contribution is 0.480. The van der Waals surface area contributed by atoms with Crippen LogP contribution in [0.4, 0.5) is 0 Å². The highest BCUT2D eigenvalue weighted by atomic mass is 14.0. The van der Waals surface area contributed by atoms with E-state index in [1.807, 2.05) is 13.8 Å². The van der Waals surface area contributed by atoms with E-state index in [0.717, 1.165) is 18.3 Å². The second-order valence-electron chi connectivity index (χ2n) is 9.28. The molecule has 0 aliphatic heterocycles. The molecule has 0 saturated carbocycles. The Kier molecular flexibility index (Phi) is 24.0. The van der Waals surface area contributed by atoms with E-state index in [0.29, 0.717) is 0 Å². The molecule has 2 rings (SSSR count). The highest BCUT2D eigenvalue weighted by Crippen LogP contribution is 2.20. The zero-order valence-corrected chi connectivity index (χ0v) is 24.1. The molecule has 0 heteroatoms. The second-order valence-corrected chi connectivity index (χ2v) is 9.28. The van der Waals surface area contributed by atoms with E-state index in [9.17, 15) is 0 Å². The normalized spacial score (nSPS) is 9.94. The molecule has 190 valence electrons. The molecule has 0 aromatic heterocycles. The van der Waals surface area contributed by atoms with E-state index in [4.69, 9.17) is 0 Å². The van der Waals surface area contributed by atoms with Crippen molar-refractivity contribution in [1.82, 2.24) is 0 Å². The standard InChI is InChI=1S/C15H16.2C8H18.C2H6/c1-3-13-6-10-15(11-7-13)14-8-4-12(2)5-9-14;2*1-4-6-8(3)7-5-2;1-2/h4-11H,3H2,1-2H3;2*8H,4-7H2,1-3H3;1-2H3. The smallest absolute Gasteiger partial charge is 0.0184 e. The van der Waals surface area contributed by atoms with Crippen LogP contribution in [0, 0.1) is 18.8 Å². The lowest BCUT2D eigenvalue weighted by Gasteiger charge is -2.05. The molecule has 0 radical (unpaired) electrons. The number of hydrogen-bond donors (Lipinski definition) is 0. The molecule has 0 atom stereocenters. The third-order valence-corrected chi connectivity index (χ3v) is 5.87. The second kappa shape index (κ2) is 23.6. The highest BCUT2D eigenvalue weighted by Gasteiger charge is 1.97. The van der Waals surface area contributed by atoms with E-state index in [1.165, 1.54) is 73.6 Å². The van der Waals surface area contributed by atoms with Gasteiger partial charge < -0.3 is 0 Å². The van der Waals surface area contributed by atoms with Crippen LogP contribution in [-0.4, -0.2) is 0 Å². The van der Waals surface area contributed by atoms with Gasteiger partial charge in [-0.05, 0) is 41.9 Å². The number of rotatable bonds is 10. The predicted molar refractivity (Wildman–Crippen MR) is 155 cm³/mol. The molecule has 0 amide bonds. The molecule has 0 aliphatic rings. The van der Waals surface area contributed by atoms with Gasteiger partial charge in [-0.15, -0.1) is 0 Å². The molecule has 2 aromatic rings. The summed E-state index contributed by atoms with van der Waals surface area (Å²) in [7, 11) is 0. The Hall–Kier alpha value is -1.56. The molecule has 0 fully saturated rings. The fourth-order valence-electron chi connectivity index (χ4n) is 3.94. The van der Waals surface area contributed by atoms with E-state index in [2.05, 4.69) is 104 Å². The Bertz CT molecular complexity index is 594. The molecule has 2 aromatic carbocycles. The Morgan fingerprint density at radius 3 is 1.09 bits per heavy atom. The molecule has 0 nitrogen and oxygen atoms in total. The van der Waals surface area contributed by atoms with Gasteiger partial charge in [-0.25, -0.2) is 0 Å². The van der Waals surface area contributed by atoms with Crippen molar-refractivity contribution >= 4 is 0 Å². The van der Waals surface area contributed by atoms with Gasteiger partial charge in [-0.1, -0.05) is 168 Å². The van der Waals surface area contributed by atoms with Gasteiger partial charge in [-0.2, -0.15) is 0 Å². The van der Waals surface area contributed by atoms with Crippen LogP contribution in [0.25, 0.3) is 11.1 Å². The zero-order valence-electron chi connectivity index (χ0n) is 24.1. The molecule has 0 saturated heterocycles. The van der Waals surface area contributed by atoms with Crippen LogP contribution in [0.1, 0.15) is 125 Å². The summed E-state index contributed by atoms with van der Waals surface area (Å²) in [4.78, 5) is 0. The molecular weight excluding hydrogens is 396 g/mol. The van der Waals surface area contributed by atoms with E-state index in [1.54, 1.807) is 0 Å². The Labute approximate surface area is 209 Å². The fourth-order valence-corrected chi connectivity index (χ4v) is 3.94. The molecule has 33 heavy (non-hydrogen) atoms. The first-order chi connectivity index (χ1) is 15.9. The molecule has 0 aliphatic carbocycles. The number of hydrogen-bond acceptors (Lipinski definition) is 0. The molecule has 0 spiro atoms. The van der Waals surface area contributed by atoms with E-state index >= 15 is 0 Å². The third kappa shape index (κ3) is 18.5. The predicted octanol–water partition coefficient (Wildman–Crippen LogP) is 11.7. The van der Waals surface area contributed by atoms with E-state index < -0.39 is 0 Å². The van der Waals surface area contributed by atoms with Crippen LogP contribution in [0.3, 0.4) is 0 Å². The number of aryl methyl sites for hydroxylation is 2. The van der Waals surface area contributed by atoms with Crippen molar-refractivity contribution in [2.75, 3.05) is 0 Å². The first-order valence-electron chi connectivity index (χ1n) is 14.1. The molecule has 0 N–H and O–H groups in total. The maximum absolute atomic E-state index is 2.34. The van der Waals surface area contributed by atoms with Crippen molar-refractivity contribution in [3.63, 3.8) is 0 Å². The summed E-state index contributed by atoms with van der Waals surface area (Å²) < 4.78 is 0. The fraction of sp³-hybridized carbons (Fsp3) is 0.636. The van der Waals surface area contributed by atoms with Gasteiger partial charge in [0.2, 0.25) is 0 Å². The van der Waals surface area contributed by atoms with Crippen molar-refractivity contribution in [2.24, 2.45) is 11.8 Å². The Morgan fingerprint density at radius 2 is 0.818 bits per heavy atom. The SMILES string of the molecule is CC.CCCC(C)CCC.CCCC(C)CCC.CCc1ccc(-c2ccc(C)cc2)cc1. The van der Waals surface area contributed by atoms with Crippen molar-refractivity contribution in [1.29, 1.82) is 0 Å². The van der Waals surface area contributed by atoms with Crippen LogP contribution in [-0.2, 0) is 6.42 Å². The Balaban J connectivity index is 0. The quantitative estimate of drug-likeness (QED) is 0.335. The van der Waals surface area contributed by atoms with Gasteiger partial charge in [0.1, 0.15) is 0 Å². The van der Waals surface area contributed by atoms with Gasteiger partial charge in [0.15, 0.2) is 0 Å². The molecule has 0 heterocycles. The highest BCUT2D eigenvalue weighted by molar-refractivity contribution is 5.63. The van der Waals surface area contributed by atoms with Crippen molar-refractivity contribution in [2.45, 2.75) is 127 Å². The summed E-state index contributed by atoms with van der Waals surface area (Å²) >= 11 is 0. The minimum Gasteiger partial charge on any atom is -0.0683 e. The zero-order chi connectivity index (χ0) is 25.5. The summed E-state index contributed by atoms with van der Waals surface area (Å²) in [6.07, 6.45) is 12.1. The van der Waals surface area contributed by atoms with Crippen molar-refractivity contribution < 1.29 is 0 Å². The lowest BCUT2D eigenvalue weighted by atomic mass is 10.0. The monoisotopic (exact) mass is 454 g/mol. The Morgan fingerprint density at radius 1 is 0.515 bits per heavy atom. The lowest BCUT2D eigenvalue weighted by Crippen LogP contribution is -1.91. The first kappa shape index (κ1) is 33.6. The van der Waals surface area contributed by atoms with Gasteiger partial charge in [0.05, 0.1) is 0 Å². The summed E-state index contributed by atoms with van der Waals surface area (Å²) in [6, 6.07) is 17.5. The minimum absolute atomic E-state index is 0.963. The first-order valence-corrected chi connectivity index (χ1v) is 14.1. The summed E-state index contributed by atoms with van der Waals surface area (Å²) in [5, 5.41) is 0. The number of benzene rings is 2. The van der Waals surface area contributed by atoms with Gasteiger partial charge in [0, 0.05) is 0 Å². The van der Waals surface area contributed by atoms with Crippen LogP contribution in [0.15, 0.2) is 48.5 Å². The van der Waals surface area contributed by atoms with Gasteiger partial charge in [0.25, 0.3) is 0 Å². The van der Waals surface area contributed by atoms with E-state index in [-0.39, 0.29) is 0 Å².